The van der Waals surface area contributed by atoms with Gasteiger partial charge in [0.25, 0.3) is 5.91 Å². The molecule has 0 aromatic heterocycles. The number of hydroxylamine groups is 1. The Balaban J connectivity index is 2.40. The largest absolute Gasteiger partial charge is 0.491 e. The van der Waals surface area contributed by atoms with Gasteiger partial charge in [0.05, 0.1) is 11.0 Å². The highest BCUT2D eigenvalue weighted by Crippen LogP contribution is 2.31. The normalized spacial score (nSPS) is 13.7. The van der Waals surface area contributed by atoms with Gasteiger partial charge in [0.15, 0.2) is 15.1 Å². The van der Waals surface area contributed by atoms with E-state index in [1.807, 2.05) is 13.8 Å². The van der Waals surface area contributed by atoms with Crippen LogP contribution in [0.1, 0.15) is 31.1 Å². The number of benzene rings is 2. The topological polar surface area (TPSA) is 92.7 Å². The fourth-order valence-electron chi connectivity index (χ4n) is 2.33. The molecule has 2 atom stereocenters. The van der Waals surface area contributed by atoms with Crippen LogP contribution in [0.15, 0.2) is 53.4 Å². The molecule has 0 saturated carbocycles. The van der Waals surface area contributed by atoms with Crippen molar-refractivity contribution in [3.63, 3.8) is 0 Å². The molecule has 0 aliphatic heterocycles. The number of ether oxygens (including phenoxy) is 1. The lowest BCUT2D eigenvalue weighted by Crippen LogP contribution is -2.31. The highest BCUT2D eigenvalue weighted by Gasteiger charge is 2.35. The summed E-state index contributed by atoms with van der Waals surface area (Å²) in [6, 6.07) is 11.6. The molecular weight excluding hydrogens is 378 g/mol. The number of halogens is 1. The molecule has 0 saturated heterocycles. The third-order valence-electron chi connectivity index (χ3n) is 3.90. The average Bonchev–Trinajstić information content (AvgIpc) is 2.63. The van der Waals surface area contributed by atoms with Crippen LogP contribution in [0, 0.1) is 0 Å². The Bertz CT molecular complexity index is 850. The highest BCUT2D eigenvalue weighted by molar-refractivity contribution is 7.92. The van der Waals surface area contributed by atoms with E-state index in [9.17, 15) is 13.2 Å². The van der Waals surface area contributed by atoms with Crippen LogP contribution < -0.4 is 10.2 Å². The van der Waals surface area contributed by atoms with Crippen LogP contribution in [0.3, 0.4) is 0 Å². The predicted octanol–water partition coefficient (Wildman–Crippen LogP) is 3.54. The minimum absolute atomic E-state index is 0.000519. The Hall–Kier alpha value is -2.09. The van der Waals surface area contributed by atoms with Crippen LogP contribution in [-0.2, 0) is 14.6 Å². The molecule has 8 heteroatoms. The molecule has 2 aromatic rings. The maximum absolute atomic E-state index is 13.0. The maximum Gasteiger partial charge on any atom is 0.266 e. The number of rotatable bonds is 7. The van der Waals surface area contributed by atoms with Gasteiger partial charge >= 0.3 is 0 Å². The lowest BCUT2D eigenvalue weighted by Gasteiger charge is -2.17. The molecule has 6 nitrogen and oxygen atoms in total. The van der Waals surface area contributed by atoms with Gasteiger partial charge in [0.2, 0.25) is 0 Å². The van der Waals surface area contributed by atoms with E-state index in [0.717, 1.165) is 6.42 Å². The molecule has 2 rings (SSSR count). The summed E-state index contributed by atoms with van der Waals surface area (Å²) in [6.07, 6.45) is 0.814. The molecule has 0 aliphatic carbocycles. The molecule has 0 bridgehead atoms. The van der Waals surface area contributed by atoms with Gasteiger partial charge in [-0.2, -0.15) is 0 Å². The molecule has 2 aromatic carbocycles. The number of hydrogen-bond donors (Lipinski definition) is 2. The van der Waals surface area contributed by atoms with E-state index < -0.39 is 21.0 Å². The summed E-state index contributed by atoms with van der Waals surface area (Å²) in [7, 11) is -4.10. The van der Waals surface area contributed by atoms with Crippen molar-refractivity contribution in [3.8, 4) is 5.75 Å². The molecule has 1 amide bonds. The van der Waals surface area contributed by atoms with E-state index in [1.165, 1.54) is 54.0 Å². The second kappa shape index (κ2) is 8.53. The smallest absolute Gasteiger partial charge is 0.266 e. The van der Waals surface area contributed by atoms with Crippen molar-refractivity contribution in [1.82, 2.24) is 5.48 Å². The molecule has 0 radical (unpaired) electrons. The van der Waals surface area contributed by atoms with Crippen LogP contribution in [0.5, 0.6) is 5.75 Å². The zero-order chi connectivity index (χ0) is 19.3. The Kier molecular flexibility index (Phi) is 6.63. The average molecular weight is 398 g/mol. The van der Waals surface area contributed by atoms with Gasteiger partial charge in [0, 0.05) is 5.02 Å². The van der Waals surface area contributed by atoms with E-state index in [2.05, 4.69) is 0 Å². The van der Waals surface area contributed by atoms with Gasteiger partial charge in [0.1, 0.15) is 5.75 Å². The van der Waals surface area contributed by atoms with Gasteiger partial charge in [-0.3, -0.25) is 10.0 Å². The molecule has 2 unspecified atom stereocenters. The van der Waals surface area contributed by atoms with Crippen molar-refractivity contribution in [2.75, 3.05) is 0 Å². The lowest BCUT2D eigenvalue weighted by molar-refractivity contribution is -0.128. The zero-order valence-electron chi connectivity index (χ0n) is 14.3. The third kappa shape index (κ3) is 4.55. The first kappa shape index (κ1) is 20.2. The van der Waals surface area contributed by atoms with Gasteiger partial charge in [-0.05, 0) is 55.3 Å². The minimum Gasteiger partial charge on any atom is -0.491 e. The van der Waals surface area contributed by atoms with Crippen LogP contribution in [-0.4, -0.2) is 25.6 Å². The van der Waals surface area contributed by atoms with E-state index in [4.69, 9.17) is 21.5 Å². The summed E-state index contributed by atoms with van der Waals surface area (Å²) < 4.78 is 31.6. The molecule has 0 fully saturated rings. The Morgan fingerprint density at radius 3 is 2.23 bits per heavy atom. The van der Waals surface area contributed by atoms with Crippen LogP contribution in [0.25, 0.3) is 0 Å². The third-order valence-corrected chi connectivity index (χ3v) is 6.18. The number of hydrogen-bond acceptors (Lipinski definition) is 5. The van der Waals surface area contributed by atoms with Gasteiger partial charge in [-0.15, -0.1) is 0 Å². The molecule has 2 N–H and O–H groups in total. The Morgan fingerprint density at radius 1 is 1.15 bits per heavy atom. The number of nitrogens with one attached hydrogen (secondary N) is 1. The summed E-state index contributed by atoms with van der Waals surface area (Å²) in [6.45, 7) is 3.89. The molecule has 0 aliphatic rings. The van der Waals surface area contributed by atoms with Gasteiger partial charge in [-0.25, -0.2) is 13.9 Å². The summed E-state index contributed by atoms with van der Waals surface area (Å²) in [5, 5.41) is 7.79. The van der Waals surface area contributed by atoms with Crippen LogP contribution >= 0.6 is 11.6 Å². The van der Waals surface area contributed by atoms with Crippen LogP contribution in [0.2, 0.25) is 5.02 Å². The summed E-state index contributed by atoms with van der Waals surface area (Å²) in [4.78, 5) is 12.0. The predicted molar refractivity (Wildman–Crippen MR) is 98.1 cm³/mol. The standard InChI is InChI=1S/C18H20ClNO5S/c1-3-12(2)25-15-8-10-16(11-9-15)26(23,24)17(18(21)20-22)13-4-6-14(19)7-5-13/h4-12,17,22H,3H2,1-2H3,(H,20,21). The second-order valence-corrected chi connectivity index (χ2v) is 8.23. The molecular formula is C18H20ClNO5S. The highest BCUT2D eigenvalue weighted by atomic mass is 35.5. The second-order valence-electron chi connectivity index (χ2n) is 5.76. The number of carbonyl (C=O) groups is 1. The molecule has 26 heavy (non-hydrogen) atoms. The Labute approximate surface area is 157 Å². The first-order chi connectivity index (χ1) is 12.3. The fraction of sp³-hybridized carbons (Fsp3) is 0.278. The molecule has 0 heterocycles. The monoisotopic (exact) mass is 397 g/mol. The summed E-state index contributed by atoms with van der Waals surface area (Å²) in [5.74, 6) is -0.514. The fourth-order valence-corrected chi connectivity index (χ4v) is 4.09. The van der Waals surface area contributed by atoms with E-state index in [0.29, 0.717) is 10.8 Å². The summed E-state index contributed by atoms with van der Waals surface area (Å²) >= 11 is 5.82. The Morgan fingerprint density at radius 2 is 1.73 bits per heavy atom. The molecule has 140 valence electrons. The van der Waals surface area contributed by atoms with Crippen LogP contribution in [0.4, 0.5) is 0 Å². The van der Waals surface area contributed by atoms with Crippen molar-refractivity contribution in [3.05, 3.63) is 59.1 Å². The molecule has 0 spiro atoms. The first-order valence-corrected chi connectivity index (χ1v) is 9.92. The lowest BCUT2D eigenvalue weighted by atomic mass is 10.1. The van der Waals surface area contributed by atoms with E-state index in [1.54, 1.807) is 0 Å². The van der Waals surface area contributed by atoms with Crippen molar-refractivity contribution in [2.24, 2.45) is 0 Å². The maximum atomic E-state index is 13.0. The van der Waals surface area contributed by atoms with Gasteiger partial charge < -0.3 is 4.74 Å². The van der Waals surface area contributed by atoms with Crippen molar-refractivity contribution in [1.29, 1.82) is 0 Å². The van der Waals surface area contributed by atoms with E-state index >= 15 is 0 Å². The number of sulfone groups is 1. The zero-order valence-corrected chi connectivity index (χ0v) is 15.9. The minimum atomic E-state index is -4.10. The quantitative estimate of drug-likeness (QED) is 0.550. The number of amides is 1. The first-order valence-electron chi connectivity index (χ1n) is 7.99. The number of carbonyl (C=O) groups excluding carboxylic acids is 1. The van der Waals surface area contributed by atoms with Crippen molar-refractivity contribution < 1.29 is 23.2 Å². The summed E-state index contributed by atoms with van der Waals surface area (Å²) in [5.41, 5.74) is 1.62. The van der Waals surface area contributed by atoms with Gasteiger partial charge in [-0.1, -0.05) is 30.7 Å². The SMILES string of the molecule is CCC(C)Oc1ccc(S(=O)(=O)C(C(=O)NO)c2ccc(Cl)cc2)cc1. The van der Waals surface area contributed by atoms with E-state index in [-0.39, 0.29) is 16.6 Å². The van der Waals surface area contributed by atoms with Crippen molar-refractivity contribution >= 4 is 27.3 Å². The van der Waals surface area contributed by atoms with Crippen molar-refractivity contribution in [2.45, 2.75) is 36.5 Å².